The van der Waals surface area contributed by atoms with Gasteiger partial charge in [0.15, 0.2) is 12.2 Å². The number of aliphatic carboxylic acids is 1. The third-order valence-electron chi connectivity index (χ3n) is 5.37. The maximum Gasteiger partial charge on any atom is 0.552 e. The minimum absolute atomic E-state index is 0.0184. The lowest BCUT2D eigenvalue weighted by Gasteiger charge is -2.33. The lowest BCUT2D eigenvalue weighted by molar-refractivity contribution is -0.172. The largest absolute Gasteiger partial charge is 0.552 e. The van der Waals surface area contributed by atoms with Gasteiger partial charge in [-0.2, -0.15) is 0 Å². The summed E-state index contributed by atoms with van der Waals surface area (Å²) in [4.78, 5) is 57.5. The van der Waals surface area contributed by atoms with Gasteiger partial charge in [0.2, 0.25) is 5.91 Å². The number of hydrogen-bond donors (Lipinski definition) is 4. The third kappa shape index (κ3) is 7.09. The third-order valence-corrected chi connectivity index (χ3v) is 5.37. The maximum absolute atomic E-state index is 13.4. The van der Waals surface area contributed by atoms with Crippen LogP contribution >= 0.6 is 0 Å². The van der Waals surface area contributed by atoms with E-state index in [0.29, 0.717) is 0 Å². The van der Waals surface area contributed by atoms with Crippen molar-refractivity contribution in [3.63, 3.8) is 0 Å². The van der Waals surface area contributed by atoms with Crippen LogP contribution in [0.5, 0.6) is 0 Å². The summed E-state index contributed by atoms with van der Waals surface area (Å²) in [6.07, 6.45) is 0.569. The number of aliphatic hydroxyl groups excluding tert-OH is 1. The van der Waals surface area contributed by atoms with Crippen molar-refractivity contribution in [1.29, 1.82) is 0 Å². The predicted molar refractivity (Wildman–Crippen MR) is 125 cm³/mol. The number of rotatable bonds is 10. The highest BCUT2D eigenvalue weighted by Crippen LogP contribution is 2.19. The number of carboxylic acids is 1. The first-order valence-corrected chi connectivity index (χ1v) is 11.3. The van der Waals surface area contributed by atoms with Crippen LogP contribution in [0.2, 0.25) is 0 Å². The van der Waals surface area contributed by atoms with E-state index in [-0.39, 0.29) is 24.5 Å². The highest BCUT2D eigenvalue weighted by Gasteiger charge is 2.49. The Bertz CT molecular complexity index is 1070. The Morgan fingerprint density at radius 3 is 2.47 bits per heavy atom. The molecule has 190 valence electrons. The summed E-state index contributed by atoms with van der Waals surface area (Å²) in [7, 11) is -1.46. The van der Waals surface area contributed by atoms with Gasteiger partial charge in [-0.15, -0.1) is 0 Å². The molecule has 0 spiro atoms. The van der Waals surface area contributed by atoms with Gasteiger partial charge in [0.1, 0.15) is 11.7 Å². The molecule has 4 atom stereocenters. The van der Waals surface area contributed by atoms with Gasteiger partial charge in [0.25, 0.3) is 5.91 Å². The number of nitrogens with zero attached hydrogens (tertiary/aromatic N) is 2. The number of aromatic nitrogens is 2. The summed E-state index contributed by atoms with van der Waals surface area (Å²) in [5, 5.41) is 24.5. The molecule has 2 aromatic rings. The van der Waals surface area contributed by atoms with Crippen molar-refractivity contribution in [2.75, 3.05) is 0 Å². The van der Waals surface area contributed by atoms with Gasteiger partial charge in [-0.1, -0.05) is 44.2 Å². The highest BCUT2D eigenvalue weighted by molar-refractivity contribution is 6.50. The normalized spacial score (nSPS) is 19.2. The molecule has 4 N–H and O–H groups in total. The molecular formula is C23H27BN4O8. The van der Waals surface area contributed by atoms with Gasteiger partial charge in [0, 0.05) is 18.8 Å². The summed E-state index contributed by atoms with van der Waals surface area (Å²) in [6.45, 7) is 3.70. The fourth-order valence-corrected chi connectivity index (χ4v) is 3.66. The molecule has 36 heavy (non-hydrogen) atoms. The second-order valence-electron chi connectivity index (χ2n) is 8.70. The van der Waals surface area contributed by atoms with E-state index >= 15 is 0 Å². The van der Waals surface area contributed by atoms with Crippen LogP contribution in [0.3, 0.4) is 0 Å². The minimum Gasteiger partial charge on any atom is -0.506 e. The maximum atomic E-state index is 13.4. The molecule has 0 aliphatic carbocycles. The lowest BCUT2D eigenvalue weighted by atomic mass is 9.72. The fourth-order valence-electron chi connectivity index (χ4n) is 3.66. The molecule has 13 heteroatoms. The molecule has 1 fully saturated rings. The lowest BCUT2D eigenvalue weighted by Crippen LogP contribution is -2.62. The molecule has 12 nitrogen and oxygen atoms in total. The van der Waals surface area contributed by atoms with Gasteiger partial charge in [-0.05, 0) is 17.9 Å². The first-order valence-electron chi connectivity index (χ1n) is 11.3. The molecule has 1 saturated heterocycles. The number of carbonyl (C=O) groups excluding carboxylic acids is 3. The molecule has 2 heterocycles. The summed E-state index contributed by atoms with van der Waals surface area (Å²) >= 11 is 0. The summed E-state index contributed by atoms with van der Waals surface area (Å²) in [6, 6.07) is 7.94. The monoisotopic (exact) mass is 498 g/mol. The van der Waals surface area contributed by atoms with Crippen LogP contribution in [0.25, 0.3) is 0 Å². The number of benzene rings is 1. The molecule has 0 saturated carbocycles. The van der Waals surface area contributed by atoms with Crippen LogP contribution < -0.4 is 10.6 Å². The SMILES string of the molecule is CC(C)C[C@H](NC(=O)C(Cc1ccccc1)NC(=O)c1cnccn1)B1OC(=O)[C@@H](O)[C@H](C(=O)O)O1. The number of nitrogens with one attached hydrogen (secondary N) is 2. The standard InChI is InChI=1S/C23H27BN4O8/c1-13(2)10-17(24-35-19(22(32)33)18(29)23(34)36-24)28-20(30)15(11-14-6-4-3-5-7-14)27-21(31)16-12-25-8-9-26-16/h3-9,12-13,15,17-19,29H,10-11H2,1-2H3,(H,27,31)(H,28,30)(H,32,33)/t15?,17-,18-,19+/m0/s1. The second kappa shape index (κ2) is 12.2. The zero-order valence-corrected chi connectivity index (χ0v) is 19.7. The van der Waals surface area contributed by atoms with Crippen LogP contribution in [0.4, 0.5) is 0 Å². The van der Waals surface area contributed by atoms with E-state index in [0.717, 1.165) is 5.56 Å². The molecule has 1 aromatic carbocycles. The summed E-state index contributed by atoms with van der Waals surface area (Å²) in [5.41, 5.74) is 0.789. The number of carbonyl (C=O) groups is 4. The van der Waals surface area contributed by atoms with Crippen LogP contribution in [-0.4, -0.2) is 75.2 Å². The van der Waals surface area contributed by atoms with E-state index in [4.69, 9.17) is 9.31 Å². The van der Waals surface area contributed by atoms with E-state index in [1.54, 1.807) is 24.3 Å². The molecule has 3 rings (SSSR count). The van der Waals surface area contributed by atoms with Gasteiger partial charge in [-0.3, -0.25) is 19.4 Å². The van der Waals surface area contributed by atoms with Crippen molar-refractivity contribution in [3.8, 4) is 0 Å². The molecule has 1 unspecified atom stereocenters. The fraction of sp³-hybridized carbons (Fsp3) is 0.391. The van der Waals surface area contributed by atoms with Crippen LogP contribution in [-0.2, 0) is 30.1 Å². The van der Waals surface area contributed by atoms with E-state index in [1.807, 2.05) is 19.9 Å². The smallest absolute Gasteiger partial charge is 0.506 e. The van der Waals surface area contributed by atoms with E-state index < -0.39 is 55.1 Å². The second-order valence-corrected chi connectivity index (χ2v) is 8.70. The Labute approximate surface area is 207 Å². The topological polar surface area (TPSA) is 177 Å². The first-order chi connectivity index (χ1) is 17.2. The van der Waals surface area contributed by atoms with E-state index in [2.05, 4.69) is 20.6 Å². The molecule has 1 aromatic heterocycles. The van der Waals surface area contributed by atoms with Gasteiger partial charge < -0.3 is 30.2 Å². The van der Waals surface area contributed by atoms with Crippen molar-refractivity contribution < 1.29 is 38.7 Å². The molecular weight excluding hydrogens is 471 g/mol. The van der Waals surface area contributed by atoms with E-state index in [1.165, 1.54) is 18.6 Å². The Morgan fingerprint density at radius 2 is 1.86 bits per heavy atom. The minimum atomic E-state index is -1.99. The number of hydrogen-bond acceptors (Lipinski definition) is 9. The zero-order valence-electron chi connectivity index (χ0n) is 19.7. The van der Waals surface area contributed by atoms with Crippen molar-refractivity contribution in [3.05, 3.63) is 60.2 Å². The van der Waals surface area contributed by atoms with Crippen molar-refractivity contribution in [2.45, 2.75) is 50.9 Å². The van der Waals surface area contributed by atoms with Gasteiger partial charge in [0.05, 0.1) is 12.1 Å². The van der Waals surface area contributed by atoms with Gasteiger partial charge >= 0.3 is 19.1 Å². The Kier molecular flexibility index (Phi) is 9.09. The highest BCUT2D eigenvalue weighted by atomic mass is 16.7. The number of aliphatic hydroxyl groups is 1. The molecule has 0 radical (unpaired) electrons. The Hall–Kier alpha value is -3.84. The van der Waals surface area contributed by atoms with Crippen molar-refractivity contribution >= 4 is 30.9 Å². The van der Waals surface area contributed by atoms with Gasteiger partial charge in [-0.25, -0.2) is 9.78 Å². The first kappa shape index (κ1) is 26.8. The average molecular weight is 498 g/mol. The zero-order chi connectivity index (χ0) is 26.2. The van der Waals surface area contributed by atoms with Crippen LogP contribution in [0.1, 0.15) is 36.3 Å². The summed E-state index contributed by atoms with van der Waals surface area (Å²) in [5.74, 6) is -4.92. The quantitative estimate of drug-likeness (QED) is 0.320. The predicted octanol–water partition coefficient (Wildman–Crippen LogP) is -0.236. The van der Waals surface area contributed by atoms with Crippen molar-refractivity contribution in [1.82, 2.24) is 20.6 Å². The molecule has 0 bridgehead atoms. The number of amides is 2. The Balaban J connectivity index is 1.82. The molecule has 2 amide bonds. The van der Waals surface area contributed by atoms with E-state index in [9.17, 15) is 29.4 Å². The Morgan fingerprint density at radius 1 is 1.14 bits per heavy atom. The van der Waals surface area contributed by atoms with Crippen LogP contribution in [0.15, 0.2) is 48.9 Å². The average Bonchev–Trinajstić information content (AvgIpc) is 2.85. The number of carboxylic acid groups (broad SMARTS) is 1. The van der Waals surface area contributed by atoms with Crippen molar-refractivity contribution in [2.24, 2.45) is 5.92 Å². The molecule has 1 aliphatic heterocycles. The molecule has 1 aliphatic rings. The summed E-state index contributed by atoms with van der Waals surface area (Å²) < 4.78 is 10.4. The van der Waals surface area contributed by atoms with Crippen LogP contribution in [0, 0.1) is 5.92 Å².